The lowest BCUT2D eigenvalue weighted by Gasteiger charge is -2.35. The van der Waals surface area contributed by atoms with Crippen LogP contribution in [0.2, 0.25) is 13.1 Å². The second-order valence-corrected chi connectivity index (χ2v) is 15.0. The Morgan fingerprint density at radius 3 is 2.55 bits per heavy atom. The standard InChI is InChI=1S/C28H34Si/c1-5-9-19(2)25-18-28(24-13-7-6-12-23(24)25)29(3,4)27-15-14-22-16-20-10-8-11-21(20)17-26(22)27/h6-7,12-19,27-28H,5,8-11H2,1-4H3. The van der Waals surface area contributed by atoms with Gasteiger partial charge in [-0.2, -0.15) is 0 Å². The van der Waals surface area contributed by atoms with Crippen LogP contribution in [-0.2, 0) is 12.8 Å². The predicted octanol–water partition coefficient (Wildman–Crippen LogP) is 7.69. The molecule has 150 valence electrons. The fourth-order valence-corrected chi connectivity index (χ4v) is 9.94. The molecule has 0 heterocycles. The van der Waals surface area contributed by atoms with Crippen molar-refractivity contribution in [2.45, 2.75) is 70.1 Å². The molecule has 0 saturated carbocycles. The fourth-order valence-electron chi connectivity index (χ4n) is 6.25. The van der Waals surface area contributed by atoms with Gasteiger partial charge in [-0.1, -0.05) is 88.0 Å². The van der Waals surface area contributed by atoms with Gasteiger partial charge in [-0.3, -0.25) is 0 Å². The minimum absolute atomic E-state index is 0.613. The second-order valence-electron chi connectivity index (χ2n) is 10.1. The summed E-state index contributed by atoms with van der Waals surface area (Å²) in [5.41, 5.74) is 12.4. The Kier molecular flexibility index (Phi) is 4.70. The zero-order valence-electron chi connectivity index (χ0n) is 18.5. The smallest absolute Gasteiger partial charge is 0.0715 e. The Bertz CT molecular complexity index is 1010. The maximum atomic E-state index is 2.69. The molecule has 29 heavy (non-hydrogen) atoms. The van der Waals surface area contributed by atoms with Gasteiger partial charge in [-0.05, 0) is 81.6 Å². The maximum absolute atomic E-state index is 2.69. The van der Waals surface area contributed by atoms with E-state index in [2.05, 4.69) is 81.6 Å². The third-order valence-corrected chi connectivity index (χ3v) is 12.1. The summed E-state index contributed by atoms with van der Waals surface area (Å²) in [4.78, 5) is 0. The van der Waals surface area contributed by atoms with E-state index in [0.717, 1.165) is 0 Å². The van der Waals surface area contributed by atoms with Gasteiger partial charge in [0.25, 0.3) is 0 Å². The molecule has 3 unspecified atom stereocenters. The van der Waals surface area contributed by atoms with Gasteiger partial charge in [0.05, 0.1) is 8.07 Å². The Hall–Kier alpha value is -1.86. The van der Waals surface area contributed by atoms with Crippen LogP contribution in [-0.4, -0.2) is 8.07 Å². The van der Waals surface area contributed by atoms with Crippen LogP contribution in [0.25, 0.3) is 11.6 Å². The highest BCUT2D eigenvalue weighted by atomic mass is 28.3. The van der Waals surface area contributed by atoms with Crippen molar-refractivity contribution in [3.8, 4) is 0 Å². The molecule has 0 aromatic heterocycles. The lowest BCUT2D eigenvalue weighted by Crippen LogP contribution is -2.40. The monoisotopic (exact) mass is 398 g/mol. The third kappa shape index (κ3) is 3.01. The van der Waals surface area contributed by atoms with Gasteiger partial charge in [0, 0.05) is 0 Å². The van der Waals surface area contributed by atoms with Crippen molar-refractivity contribution in [1.29, 1.82) is 0 Å². The van der Waals surface area contributed by atoms with Crippen molar-refractivity contribution < 1.29 is 0 Å². The number of hydrogen-bond donors (Lipinski definition) is 0. The fraction of sp³-hybridized carbons (Fsp3) is 0.429. The summed E-state index contributed by atoms with van der Waals surface area (Å²) in [6.07, 6.45) is 14.1. The molecular weight excluding hydrogens is 364 g/mol. The van der Waals surface area contributed by atoms with Crippen LogP contribution in [0.4, 0.5) is 0 Å². The van der Waals surface area contributed by atoms with E-state index in [0.29, 0.717) is 17.0 Å². The molecule has 0 bridgehead atoms. The van der Waals surface area contributed by atoms with E-state index in [1.807, 2.05) is 0 Å². The van der Waals surface area contributed by atoms with E-state index in [4.69, 9.17) is 0 Å². The van der Waals surface area contributed by atoms with Crippen LogP contribution in [0.15, 0.2) is 48.6 Å². The van der Waals surface area contributed by atoms with Gasteiger partial charge in [-0.15, -0.1) is 0 Å². The first-order chi connectivity index (χ1) is 14.0. The topological polar surface area (TPSA) is 0 Å². The first-order valence-corrected chi connectivity index (χ1v) is 14.8. The van der Waals surface area contributed by atoms with Crippen molar-refractivity contribution in [3.05, 3.63) is 81.9 Å². The zero-order valence-corrected chi connectivity index (χ0v) is 19.5. The van der Waals surface area contributed by atoms with Gasteiger partial charge in [0.1, 0.15) is 0 Å². The molecule has 0 N–H and O–H groups in total. The van der Waals surface area contributed by atoms with E-state index in [1.165, 1.54) is 43.2 Å². The highest BCUT2D eigenvalue weighted by Gasteiger charge is 2.44. The van der Waals surface area contributed by atoms with Gasteiger partial charge in [0.15, 0.2) is 0 Å². The molecule has 1 heteroatoms. The molecule has 0 spiro atoms. The van der Waals surface area contributed by atoms with Crippen LogP contribution < -0.4 is 0 Å². The molecule has 0 aliphatic heterocycles. The number of hydrogen-bond acceptors (Lipinski definition) is 0. The van der Waals surface area contributed by atoms with Crippen molar-refractivity contribution in [1.82, 2.24) is 0 Å². The van der Waals surface area contributed by atoms with Crippen molar-refractivity contribution in [2.75, 3.05) is 0 Å². The molecule has 0 amide bonds. The van der Waals surface area contributed by atoms with E-state index < -0.39 is 8.07 Å². The Morgan fingerprint density at radius 2 is 1.76 bits per heavy atom. The molecule has 2 aromatic carbocycles. The minimum Gasteiger partial charge on any atom is -0.0791 e. The number of rotatable bonds is 5. The van der Waals surface area contributed by atoms with Crippen molar-refractivity contribution >= 4 is 19.7 Å². The first kappa shape index (κ1) is 19.1. The predicted molar refractivity (Wildman–Crippen MR) is 129 cm³/mol. The summed E-state index contributed by atoms with van der Waals surface area (Å²) in [6, 6.07) is 14.4. The summed E-state index contributed by atoms with van der Waals surface area (Å²) in [5.74, 6) is 0.658. The molecule has 2 aromatic rings. The molecular formula is C28H34Si. The van der Waals surface area contributed by atoms with Crippen LogP contribution in [0, 0.1) is 5.92 Å². The molecule has 3 aliphatic rings. The van der Waals surface area contributed by atoms with Gasteiger partial charge in [0.2, 0.25) is 0 Å². The molecule has 3 aliphatic carbocycles. The average molecular weight is 399 g/mol. The van der Waals surface area contributed by atoms with Crippen LogP contribution in [0.5, 0.6) is 0 Å². The summed E-state index contributed by atoms with van der Waals surface area (Å²) in [7, 11) is -1.65. The van der Waals surface area contributed by atoms with Crippen molar-refractivity contribution in [2.24, 2.45) is 5.92 Å². The highest BCUT2D eigenvalue weighted by Crippen LogP contribution is 2.51. The second kappa shape index (κ2) is 7.13. The largest absolute Gasteiger partial charge is 0.0791 e. The highest BCUT2D eigenvalue weighted by molar-refractivity contribution is 6.81. The maximum Gasteiger partial charge on any atom is 0.0715 e. The Labute approximate surface area is 177 Å². The lowest BCUT2D eigenvalue weighted by atomic mass is 9.92. The SMILES string of the molecule is CCCC(C)C1=CC([Si](C)(C)C2C=Cc3cc4c(cc32)CCC4)c2ccccc21. The van der Waals surface area contributed by atoms with Gasteiger partial charge >= 0.3 is 0 Å². The lowest BCUT2D eigenvalue weighted by molar-refractivity contribution is 0.650. The summed E-state index contributed by atoms with van der Waals surface area (Å²) in [6.45, 7) is 10.0. The summed E-state index contributed by atoms with van der Waals surface area (Å²) < 4.78 is 0. The van der Waals surface area contributed by atoms with Crippen LogP contribution in [0.3, 0.4) is 0 Å². The quantitative estimate of drug-likeness (QED) is 0.453. The minimum atomic E-state index is -1.65. The molecule has 0 nitrogen and oxygen atoms in total. The molecule has 3 atom stereocenters. The summed E-state index contributed by atoms with van der Waals surface area (Å²) >= 11 is 0. The number of fused-ring (bicyclic) bond motifs is 3. The third-order valence-electron chi connectivity index (χ3n) is 7.91. The zero-order chi connectivity index (χ0) is 20.2. The first-order valence-electron chi connectivity index (χ1n) is 11.7. The number of allylic oxidation sites excluding steroid dienone is 3. The Morgan fingerprint density at radius 1 is 1.00 bits per heavy atom. The van der Waals surface area contributed by atoms with Gasteiger partial charge in [-0.25, -0.2) is 0 Å². The number of aryl methyl sites for hydroxylation is 2. The molecule has 5 rings (SSSR count). The summed E-state index contributed by atoms with van der Waals surface area (Å²) in [5, 5.41) is 0. The number of benzene rings is 2. The Balaban J connectivity index is 1.55. The van der Waals surface area contributed by atoms with E-state index in [-0.39, 0.29) is 0 Å². The normalized spacial score (nSPS) is 23.0. The molecule has 0 saturated heterocycles. The van der Waals surface area contributed by atoms with Gasteiger partial charge < -0.3 is 0 Å². The molecule has 0 radical (unpaired) electrons. The van der Waals surface area contributed by atoms with Crippen LogP contribution in [0.1, 0.15) is 77.6 Å². The van der Waals surface area contributed by atoms with Crippen molar-refractivity contribution in [3.63, 3.8) is 0 Å². The van der Waals surface area contributed by atoms with E-state index in [9.17, 15) is 0 Å². The molecule has 0 fully saturated rings. The van der Waals surface area contributed by atoms with Crippen LogP contribution >= 0.6 is 0 Å². The average Bonchev–Trinajstić information content (AvgIpc) is 3.42. The van der Waals surface area contributed by atoms with E-state index in [1.54, 1.807) is 27.8 Å². The van der Waals surface area contributed by atoms with E-state index >= 15 is 0 Å².